The average molecular weight is 417 g/mol. The lowest BCUT2D eigenvalue weighted by Crippen LogP contribution is -2.35. The Balaban J connectivity index is 1.66. The number of rotatable bonds is 7. The van der Waals surface area contributed by atoms with E-state index < -0.39 is 6.04 Å². The van der Waals surface area contributed by atoms with Crippen LogP contribution >= 0.6 is 11.3 Å². The van der Waals surface area contributed by atoms with Crippen molar-refractivity contribution >= 4 is 22.9 Å². The zero-order chi connectivity index (χ0) is 20.8. The molecule has 0 aliphatic rings. The molecule has 0 saturated heterocycles. The molecule has 1 aromatic heterocycles. The zero-order valence-electron chi connectivity index (χ0n) is 16.2. The summed E-state index contributed by atoms with van der Waals surface area (Å²) in [5.74, 6) is -0.544. The molecule has 3 nitrogen and oxygen atoms in total. The molecule has 1 heterocycles. The first-order valence-corrected chi connectivity index (χ1v) is 10.5. The third-order valence-electron chi connectivity index (χ3n) is 4.80. The second-order valence-corrected chi connectivity index (χ2v) is 7.84. The Morgan fingerprint density at radius 2 is 1.40 bits per heavy atom. The molecule has 0 fully saturated rings. The molecule has 2 N–H and O–H groups in total. The van der Waals surface area contributed by atoms with Crippen molar-refractivity contribution < 1.29 is 9.18 Å². The number of hydrogen-bond acceptors (Lipinski definition) is 3. The Kier molecular flexibility index (Phi) is 6.32. The molecule has 4 aromatic rings. The fraction of sp³-hybridized carbons (Fsp3) is 0.0800. The summed E-state index contributed by atoms with van der Waals surface area (Å²) < 4.78 is 13.2. The first-order valence-electron chi connectivity index (χ1n) is 9.66. The molecule has 0 radical (unpaired) electrons. The summed E-state index contributed by atoms with van der Waals surface area (Å²) in [5, 5.41) is 8.48. The lowest BCUT2D eigenvalue weighted by atomic mass is 10.0. The van der Waals surface area contributed by atoms with Crippen molar-refractivity contribution in [3.8, 4) is 0 Å². The van der Waals surface area contributed by atoms with Crippen LogP contribution in [0.4, 0.5) is 10.1 Å². The van der Waals surface area contributed by atoms with Gasteiger partial charge in [0.15, 0.2) is 0 Å². The van der Waals surface area contributed by atoms with E-state index in [4.69, 9.17) is 0 Å². The Labute approximate surface area is 179 Å². The van der Waals surface area contributed by atoms with E-state index in [1.807, 2.05) is 60.0 Å². The number of nitrogens with one attached hydrogen (secondary N) is 2. The molecule has 2 atom stereocenters. The van der Waals surface area contributed by atoms with Gasteiger partial charge >= 0.3 is 0 Å². The third-order valence-corrected chi connectivity index (χ3v) is 5.74. The number of amides is 1. The van der Waals surface area contributed by atoms with Crippen LogP contribution in [0.3, 0.4) is 0 Å². The molecule has 0 aliphatic heterocycles. The minimum absolute atomic E-state index is 0.143. The summed E-state index contributed by atoms with van der Waals surface area (Å²) >= 11 is 1.64. The van der Waals surface area contributed by atoms with Gasteiger partial charge in [0.1, 0.15) is 11.9 Å². The van der Waals surface area contributed by atoms with Crippen LogP contribution in [0, 0.1) is 5.82 Å². The van der Waals surface area contributed by atoms with Crippen molar-refractivity contribution in [2.45, 2.75) is 12.1 Å². The van der Waals surface area contributed by atoms with Crippen LogP contribution in [0.1, 0.15) is 28.1 Å². The van der Waals surface area contributed by atoms with Crippen molar-refractivity contribution in [3.63, 3.8) is 0 Å². The second-order valence-electron chi connectivity index (χ2n) is 6.87. The Hall–Kier alpha value is -3.28. The summed E-state index contributed by atoms with van der Waals surface area (Å²) in [6.45, 7) is 0. The summed E-state index contributed by atoms with van der Waals surface area (Å²) in [4.78, 5) is 14.4. The van der Waals surface area contributed by atoms with Gasteiger partial charge in [0.05, 0.1) is 6.04 Å². The smallest absolute Gasteiger partial charge is 0.246 e. The van der Waals surface area contributed by atoms with Crippen molar-refractivity contribution in [1.82, 2.24) is 5.32 Å². The lowest BCUT2D eigenvalue weighted by molar-refractivity contribution is -0.118. The number of halogens is 1. The molecule has 0 spiro atoms. The van der Waals surface area contributed by atoms with E-state index in [9.17, 15) is 9.18 Å². The van der Waals surface area contributed by atoms with Gasteiger partial charge in [-0.25, -0.2) is 4.39 Å². The summed E-state index contributed by atoms with van der Waals surface area (Å²) in [6, 6.07) is 28.8. The molecule has 1 amide bonds. The van der Waals surface area contributed by atoms with Gasteiger partial charge in [-0.1, -0.05) is 66.7 Å². The van der Waals surface area contributed by atoms with E-state index in [0.717, 1.165) is 16.0 Å². The van der Waals surface area contributed by atoms with Crippen LogP contribution in [0.5, 0.6) is 0 Å². The van der Waals surface area contributed by atoms with Crippen molar-refractivity contribution in [2.24, 2.45) is 0 Å². The molecule has 30 heavy (non-hydrogen) atoms. The number of anilines is 1. The van der Waals surface area contributed by atoms with E-state index in [2.05, 4.69) is 28.8 Å². The molecule has 150 valence electrons. The van der Waals surface area contributed by atoms with E-state index in [0.29, 0.717) is 5.69 Å². The number of hydrogen-bond donors (Lipinski definition) is 2. The Morgan fingerprint density at radius 3 is 2.00 bits per heavy atom. The number of carbonyl (C=O) groups is 1. The number of thiophene rings is 1. The first kappa shape index (κ1) is 20.0. The van der Waals surface area contributed by atoms with Crippen LogP contribution in [0.25, 0.3) is 0 Å². The maximum Gasteiger partial charge on any atom is 0.246 e. The molecular weight excluding hydrogens is 395 g/mol. The summed E-state index contributed by atoms with van der Waals surface area (Å²) in [7, 11) is 0. The molecule has 0 saturated carbocycles. The summed E-state index contributed by atoms with van der Waals surface area (Å²) in [5.41, 5.74) is 2.49. The van der Waals surface area contributed by atoms with Gasteiger partial charge in [0, 0.05) is 10.6 Å². The van der Waals surface area contributed by atoms with E-state index in [1.165, 1.54) is 12.1 Å². The van der Waals surface area contributed by atoms with Gasteiger partial charge in [-0.2, -0.15) is 0 Å². The number of carbonyl (C=O) groups excluding carboxylic acids is 1. The van der Waals surface area contributed by atoms with Gasteiger partial charge in [-0.05, 0) is 46.8 Å². The molecule has 0 unspecified atom stereocenters. The normalized spacial score (nSPS) is 12.8. The Bertz CT molecular complexity index is 1070. The largest absolute Gasteiger partial charge is 0.324 e. The van der Waals surface area contributed by atoms with Gasteiger partial charge in [0.2, 0.25) is 5.91 Å². The quantitative estimate of drug-likeness (QED) is 0.391. The fourth-order valence-electron chi connectivity index (χ4n) is 3.33. The van der Waals surface area contributed by atoms with Gasteiger partial charge in [-0.3, -0.25) is 10.1 Å². The molecule has 0 aliphatic carbocycles. The highest BCUT2D eigenvalue weighted by Gasteiger charge is 2.26. The van der Waals surface area contributed by atoms with Crippen LogP contribution in [0.15, 0.2) is 102 Å². The third kappa shape index (κ3) is 4.82. The van der Waals surface area contributed by atoms with E-state index in [1.54, 1.807) is 23.5 Å². The molecule has 0 bridgehead atoms. The standard InChI is InChI=1S/C25H21FN2OS/c26-20-13-15-21(16-14-20)27-25(29)24(19-10-5-2-6-11-19)28-23(22-12-7-17-30-22)18-8-3-1-4-9-18/h1-17,23-24,28H,(H,27,29)/t23-,24+/m0/s1. The minimum Gasteiger partial charge on any atom is -0.324 e. The predicted octanol–water partition coefficient (Wildman–Crippen LogP) is 5.95. The van der Waals surface area contributed by atoms with Crippen LogP contribution in [0.2, 0.25) is 0 Å². The maximum absolute atomic E-state index is 13.3. The van der Waals surface area contributed by atoms with Crippen LogP contribution in [-0.4, -0.2) is 5.91 Å². The van der Waals surface area contributed by atoms with Crippen molar-refractivity contribution in [3.05, 3.63) is 124 Å². The average Bonchev–Trinajstić information content (AvgIpc) is 3.32. The second kappa shape index (κ2) is 9.48. The molecule has 4 rings (SSSR count). The van der Waals surface area contributed by atoms with E-state index in [-0.39, 0.29) is 17.8 Å². The maximum atomic E-state index is 13.3. The highest BCUT2D eigenvalue weighted by atomic mass is 32.1. The molecular formula is C25H21FN2OS. The fourth-order valence-corrected chi connectivity index (χ4v) is 4.14. The van der Waals surface area contributed by atoms with E-state index >= 15 is 0 Å². The number of benzene rings is 3. The van der Waals surface area contributed by atoms with Crippen molar-refractivity contribution in [1.29, 1.82) is 0 Å². The first-order chi connectivity index (χ1) is 14.7. The zero-order valence-corrected chi connectivity index (χ0v) is 17.0. The predicted molar refractivity (Wildman–Crippen MR) is 120 cm³/mol. The van der Waals surface area contributed by atoms with Gasteiger partial charge in [-0.15, -0.1) is 11.3 Å². The summed E-state index contributed by atoms with van der Waals surface area (Å²) in [6.07, 6.45) is 0. The monoisotopic (exact) mass is 416 g/mol. The highest BCUT2D eigenvalue weighted by Crippen LogP contribution is 2.29. The lowest BCUT2D eigenvalue weighted by Gasteiger charge is -2.25. The topological polar surface area (TPSA) is 41.1 Å². The minimum atomic E-state index is -0.594. The SMILES string of the molecule is O=C(Nc1ccc(F)cc1)[C@H](N[C@@H](c1ccccc1)c1cccs1)c1ccccc1. The highest BCUT2D eigenvalue weighted by molar-refractivity contribution is 7.10. The van der Waals surface area contributed by atoms with Gasteiger partial charge in [0.25, 0.3) is 0 Å². The molecule has 3 aromatic carbocycles. The van der Waals surface area contributed by atoms with Gasteiger partial charge < -0.3 is 5.32 Å². The van der Waals surface area contributed by atoms with Crippen LogP contribution < -0.4 is 10.6 Å². The van der Waals surface area contributed by atoms with Crippen molar-refractivity contribution in [2.75, 3.05) is 5.32 Å². The molecule has 5 heteroatoms. The Morgan fingerprint density at radius 1 is 0.767 bits per heavy atom. The van der Waals surface area contributed by atoms with Crippen LogP contribution in [-0.2, 0) is 4.79 Å².